The Morgan fingerprint density at radius 2 is 1.79 bits per heavy atom. The summed E-state index contributed by atoms with van der Waals surface area (Å²) >= 11 is 6.06. The summed E-state index contributed by atoms with van der Waals surface area (Å²) < 4.78 is 5.77. The van der Waals surface area contributed by atoms with Crippen molar-refractivity contribution in [2.24, 2.45) is 0 Å². The zero-order valence-electron chi connectivity index (χ0n) is 11.1. The van der Waals surface area contributed by atoms with E-state index in [4.69, 9.17) is 16.3 Å². The smallest absolute Gasteiger partial charge is 0.257 e. The van der Waals surface area contributed by atoms with Crippen molar-refractivity contribution in [1.29, 1.82) is 0 Å². The summed E-state index contributed by atoms with van der Waals surface area (Å²) in [5.41, 5.74) is 2.59. The topological polar surface area (TPSA) is 35.0 Å². The molecule has 0 radical (unpaired) electrons. The molecule has 0 saturated heterocycles. The molecule has 0 unspecified atom stereocenters. The van der Waals surface area contributed by atoms with Crippen LogP contribution in [0.15, 0.2) is 30.3 Å². The van der Waals surface area contributed by atoms with Gasteiger partial charge in [-0.25, -0.2) is 9.97 Å². The number of hydrogen-bond acceptors (Lipinski definition) is 3. The summed E-state index contributed by atoms with van der Waals surface area (Å²) in [5.74, 6) is 1.04. The van der Waals surface area contributed by atoms with Gasteiger partial charge >= 0.3 is 0 Å². The molecule has 0 atom stereocenters. The Kier molecular flexibility index (Phi) is 4.17. The predicted molar refractivity (Wildman–Crippen MR) is 77.7 cm³/mol. The van der Waals surface area contributed by atoms with E-state index in [1.807, 2.05) is 57.2 Å². The van der Waals surface area contributed by atoms with Gasteiger partial charge in [-0.3, -0.25) is 0 Å². The zero-order chi connectivity index (χ0) is 13.8. The largest absolute Gasteiger partial charge is 0.436 e. The maximum Gasteiger partial charge on any atom is 0.257 e. The molecule has 4 heteroatoms. The molecule has 0 N–H and O–H groups in total. The lowest BCUT2D eigenvalue weighted by atomic mass is 10.2. The highest BCUT2D eigenvalue weighted by atomic mass is 35.5. The average molecular weight is 275 g/mol. The normalized spacial score (nSPS) is 10.9. The Labute approximate surface area is 117 Å². The van der Waals surface area contributed by atoms with Gasteiger partial charge in [-0.1, -0.05) is 42.0 Å². The van der Waals surface area contributed by atoms with Crippen LogP contribution in [0, 0.1) is 13.8 Å². The second-order valence-corrected chi connectivity index (χ2v) is 4.49. The molecule has 0 amide bonds. The van der Waals surface area contributed by atoms with Gasteiger partial charge in [0.05, 0.1) is 11.4 Å². The molecule has 0 saturated carbocycles. The number of halogens is 1. The summed E-state index contributed by atoms with van der Waals surface area (Å²) in [7, 11) is 0. The number of allylic oxidation sites excluding steroid dienone is 1. The molecular weight excluding hydrogens is 260 g/mol. The van der Waals surface area contributed by atoms with Crippen LogP contribution in [0.25, 0.3) is 6.08 Å². The molecule has 0 bridgehead atoms. The predicted octanol–water partition coefficient (Wildman–Crippen LogP) is 4.57. The monoisotopic (exact) mass is 274 g/mol. The highest BCUT2D eigenvalue weighted by molar-refractivity contribution is 6.30. The van der Waals surface area contributed by atoms with Crippen molar-refractivity contribution >= 4 is 17.7 Å². The maximum absolute atomic E-state index is 6.06. The lowest BCUT2D eigenvalue weighted by molar-refractivity contribution is 0.457. The highest BCUT2D eigenvalue weighted by Gasteiger charge is 2.10. The number of hydrogen-bond donors (Lipinski definition) is 0. The molecule has 1 aromatic carbocycles. The van der Waals surface area contributed by atoms with Crippen molar-refractivity contribution in [2.45, 2.75) is 20.8 Å². The van der Waals surface area contributed by atoms with Gasteiger partial charge in [0.2, 0.25) is 0 Å². The second kappa shape index (κ2) is 5.85. The van der Waals surface area contributed by atoms with Gasteiger partial charge in [0.1, 0.15) is 5.75 Å². The number of benzene rings is 1. The third kappa shape index (κ3) is 3.12. The van der Waals surface area contributed by atoms with Crippen molar-refractivity contribution in [3.05, 3.63) is 52.4 Å². The van der Waals surface area contributed by atoms with Gasteiger partial charge in [0.25, 0.3) is 5.88 Å². The number of rotatable bonds is 3. The van der Waals surface area contributed by atoms with E-state index >= 15 is 0 Å². The van der Waals surface area contributed by atoms with E-state index in [-0.39, 0.29) is 5.15 Å². The van der Waals surface area contributed by atoms with Crippen LogP contribution in [-0.4, -0.2) is 9.97 Å². The lowest BCUT2D eigenvalue weighted by Gasteiger charge is -2.10. The number of aryl methyl sites for hydroxylation is 2. The molecule has 1 aromatic heterocycles. The second-order valence-electron chi connectivity index (χ2n) is 4.13. The minimum atomic E-state index is 0.276. The Hall–Kier alpha value is -1.87. The Morgan fingerprint density at radius 3 is 2.53 bits per heavy atom. The van der Waals surface area contributed by atoms with E-state index in [9.17, 15) is 0 Å². The number of nitrogens with zero attached hydrogens (tertiary/aromatic N) is 2. The molecule has 2 aromatic rings. The first-order valence-corrected chi connectivity index (χ1v) is 6.40. The summed E-state index contributed by atoms with van der Waals surface area (Å²) in [5, 5.41) is 0.276. The van der Waals surface area contributed by atoms with Crippen LogP contribution >= 0.6 is 11.6 Å². The molecule has 0 spiro atoms. The number of aromatic nitrogens is 2. The Morgan fingerprint density at radius 1 is 1.11 bits per heavy atom. The average Bonchev–Trinajstić information content (AvgIpc) is 2.38. The van der Waals surface area contributed by atoms with Gasteiger partial charge < -0.3 is 4.74 Å². The van der Waals surface area contributed by atoms with E-state index in [0.29, 0.717) is 11.6 Å². The molecule has 0 aliphatic heterocycles. The number of ether oxygens (including phenoxy) is 1. The molecule has 1 heterocycles. The Balaban J connectivity index is 2.39. The fraction of sp³-hybridized carbons (Fsp3) is 0.200. The van der Waals surface area contributed by atoms with Crippen LogP contribution in [0.1, 0.15) is 23.9 Å². The third-order valence-corrected chi connectivity index (χ3v) is 2.95. The van der Waals surface area contributed by atoms with Crippen molar-refractivity contribution < 1.29 is 4.74 Å². The lowest BCUT2D eigenvalue weighted by Crippen LogP contribution is -1.98. The summed E-state index contributed by atoms with van der Waals surface area (Å²) in [6.45, 7) is 5.70. The summed E-state index contributed by atoms with van der Waals surface area (Å²) in [6, 6.07) is 7.71. The quantitative estimate of drug-likeness (QED) is 0.822. The van der Waals surface area contributed by atoms with E-state index in [1.165, 1.54) is 0 Å². The minimum absolute atomic E-state index is 0.276. The van der Waals surface area contributed by atoms with Crippen LogP contribution < -0.4 is 4.74 Å². The first kappa shape index (κ1) is 13.6. The van der Waals surface area contributed by atoms with Crippen molar-refractivity contribution in [1.82, 2.24) is 9.97 Å². The molecule has 3 nitrogen and oxygen atoms in total. The van der Waals surface area contributed by atoms with E-state index in [2.05, 4.69) is 9.97 Å². The molecule has 2 rings (SSSR count). The highest BCUT2D eigenvalue weighted by Crippen LogP contribution is 2.29. The summed E-state index contributed by atoms with van der Waals surface area (Å²) in [6.07, 6.45) is 3.92. The maximum atomic E-state index is 6.06. The molecule has 0 aliphatic rings. The van der Waals surface area contributed by atoms with E-state index in [0.717, 1.165) is 17.0 Å². The SMILES string of the molecule is CC=Cc1ccccc1Oc1nc(C)c(C)nc1Cl. The molecular formula is C15H15ClN2O. The molecule has 98 valence electrons. The van der Waals surface area contributed by atoms with Crippen molar-refractivity contribution in [2.75, 3.05) is 0 Å². The number of para-hydroxylation sites is 1. The third-order valence-electron chi connectivity index (χ3n) is 2.71. The van der Waals surface area contributed by atoms with Gasteiger partial charge in [-0.2, -0.15) is 0 Å². The molecule has 0 fully saturated rings. The zero-order valence-corrected chi connectivity index (χ0v) is 11.9. The standard InChI is InChI=1S/C15H15ClN2O/c1-4-7-12-8-5-6-9-13(12)19-15-14(16)17-10(2)11(3)18-15/h4-9H,1-3H3. The van der Waals surface area contributed by atoms with Crippen LogP contribution in [0.5, 0.6) is 11.6 Å². The van der Waals surface area contributed by atoms with Crippen LogP contribution in [0.4, 0.5) is 0 Å². The van der Waals surface area contributed by atoms with Crippen molar-refractivity contribution in [3.8, 4) is 11.6 Å². The van der Waals surface area contributed by atoms with Gasteiger partial charge in [-0.15, -0.1) is 0 Å². The van der Waals surface area contributed by atoms with Crippen LogP contribution in [0.3, 0.4) is 0 Å². The van der Waals surface area contributed by atoms with E-state index in [1.54, 1.807) is 0 Å². The van der Waals surface area contributed by atoms with E-state index < -0.39 is 0 Å². The van der Waals surface area contributed by atoms with Gasteiger partial charge in [0, 0.05) is 5.56 Å². The Bertz CT molecular complexity index is 624. The van der Waals surface area contributed by atoms with Crippen molar-refractivity contribution in [3.63, 3.8) is 0 Å². The summed E-state index contributed by atoms with van der Waals surface area (Å²) in [4.78, 5) is 8.53. The molecule has 19 heavy (non-hydrogen) atoms. The molecule has 0 aliphatic carbocycles. The van der Waals surface area contributed by atoms with Gasteiger partial charge in [0.15, 0.2) is 5.15 Å². The van der Waals surface area contributed by atoms with Crippen LogP contribution in [0.2, 0.25) is 5.15 Å². The first-order chi connectivity index (χ1) is 9.11. The first-order valence-electron chi connectivity index (χ1n) is 6.02. The fourth-order valence-electron chi connectivity index (χ4n) is 1.62. The van der Waals surface area contributed by atoms with Crippen LogP contribution in [-0.2, 0) is 0 Å². The minimum Gasteiger partial charge on any atom is -0.436 e. The fourth-order valence-corrected chi connectivity index (χ4v) is 1.82. The van der Waals surface area contributed by atoms with Gasteiger partial charge in [-0.05, 0) is 26.8 Å².